The number of rotatable bonds is 5. The van der Waals surface area contributed by atoms with Crippen molar-refractivity contribution >= 4 is 17.3 Å². The lowest BCUT2D eigenvalue weighted by molar-refractivity contribution is 0.623. The summed E-state index contributed by atoms with van der Waals surface area (Å²) in [4.78, 5) is 0. The van der Waals surface area contributed by atoms with Crippen molar-refractivity contribution in [3.8, 4) is 0 Å². The highest BCUT2D eigenvalue weighted by atomic mass is 35.5. The monoisotopic (exact) mass is 277 g/mol. The molecule has 1 N–H and O–H groups in total. The van der Waals surface area contributed by atoms with Gasteiger partial charge >= 0.3 is 0 Å². The SMILES string of the molecule is CCn1nc(C)cc1CNc1ccccc1C(C)Cl. The van der Waals surface area contributed by atoms with E-state index in [-0.39, 0.29) is 5.38 Å². The first-order valence-electron chi connectivity index (χ1n) is 6.62. The summed E-state index contributed by atoms with van der Waals surface area (Å²) in [6, 6.07) is 10.3. The van der Waals surface area contributed by atoms with Gasteiger partial charge in [0.2, 0.25) is 0 Å². The van der Waals surface area contributed by atoms with E-state index in [1.54, 1.807) is 0 Å². The van der Waals surface area contributed by atoms with Crippen LogP contribution in [0.2, 0.25) is 0 Å². The number of nitrogens with zero attached hydrogens (tertiary/aromatic N) is 2. The third-order valence-corrected chi connectivity index (χ3v) is 3.37. The first-order valence-corrected chi connectivity index (χ1v) is 7.05. The highest BCUT2D eigenvalue weighted by Gasteiger charge is 2.08. The fraction of sp³-hybridized carbons (Fsp3) is 0.400. The summed E-state index contributed by atoms with van der Waals surface area (Å²) >= 11 is 6.20. The summed E-state index contributed by atoms with van der Waals surface area (Å²) in [6.45, 7) is 7.76. The van der Waals surface area contributed by atoms with Crippen LogP contribution in [0.4, 0.5) is 5.69 Å². The van der Waals surface area contributed by atoms with E-state index in [0.29, 0.717) is 0 Å². The molecule has 0 saturated heterocycles. The Bertz CT molecular complexity index is 546. The lowest BCUT2D eigenvalue weighted by atomic mass is 10.1. The van der Waals surface area contributed by atoms with E-state index < -0.39 is 0 Å². The molecule has 0 aliphatic rings. The number of hydrogen-bond donors (Lipinski definition) is 1. The average molecular weight is 278 g/mol. The van der Waals surface area contributed by atoms with Gasteiger partial charge in [-0.25, -0.2) is 0 Å². The first kappa shape index (κ1) is 13.9. The summed E-state index contributed by atoms with van der Waals surface area (Å²) < 4.78 is 2.02. The topological polar surface area (TPSA) is 29.9 Å². The molecule has 0 amide bonds. The Labute approximate surface area is 119 Å². The number of hydrogen-bond acceptors (Lipinski definition) is 2. The third-order valence-electron chi connectivity index (χ3n) is 3.13. The number of benzene rings is 1. The van der Waals surface area contributed by atoms with E-state index in [9.17, 15) is 0 Å². The minimum Gasteiger partial charge on any atom is -0.379 e. The Morgan fingerprint density at radius 3 is 2.79 bits per heavy atom. The second-order valence-corrected chi connectivity index (χ2v) is 5.30. The number of aryl methyl sites for hydroxylation is 2. The Balaban J connectivity index is 2.14. The van der Waals surface area contributed by atoms with Gasteiger partial charge in [0.15, 0.2) is 0 Å². The Morgan fingerprint density at radius 1 is 1.37 bits per heavy atom. The van der Waals surface area contributed by atoms with Crippen molar-refractivity contribution in [2.45, 2.75) is 39.2 Å². The summed E-state index contributed by atoms with van der Waals surface area (Å²) in [5.74, 6) is 0. The molecule has 0 aliphatic heterocycles. The Kier molecular flexibility index (Phi) is 4.48. The molecule has 0 bridgehead atoms. The van der Waals surface area contributed by atoms with Gasteiger partial charge in [0, 0.05) is 12.2 Å². The van der Waals surface area contributed by atoms with Gasteiger partial charge in [-0.15, -0.1) is 11.6 Å². The minimum absolute atomic E-state index is 0.00141. The Hall–Kier alpha value is -1.48. The smallest absolute Gasteiger partial charge is 0.0597 e. The molecule has 1 aromatic carbocycles. The molecule has 2 aromatic rings. The van der Waals surface area contributed by atoms with Gasteiger partial charge in [-0.05, 0) is 38.5 Å². The molecule has 19 heavy (non-hydrogen) atoms. The van der Waals surface area contributed by atoms with Gasteiger partial charge in [-0.2, -0.15) is 5.10 Å². The third kappa shape index (κ3) is 3.29. The molecule has 0 spiro atoms. The lowest BCUT2D eigenvalue weighted by Gasteiger charge is -2.13. The maximum Gasteiger partial charge on any atom is 0.0597 e. The molecule has 0 aliphatic carbocycles. The Morgan fingerprint density at radius 2 is 2.11 bits per heavy atom. The van der Waals surface area contributed by atoms with Crippen LogP contribution in [0, 0.1) is 6.92 Å². The number of aromatic nitrogens is 2. The van der Waals surface area contributed by atoms with Crippen molar-refractivity contribution in [1.29, 1.82) is 0 Å². The molecule has 0 radical (unpaired) electrons. The molecule has 1 atom stereocenters. The predicted molar refractivity (Wildman–Crippen MR) is 80.7 cm³/mol. The largest absolute Gasteiger partial charge is 0.379 e. The van der Waals surface area contributed by atoms with E-state index in [1.165, 1.54) is 5.69 Å². The summed E-state index contributed by atoms with van der Waals surface area (Å²) in [5.41, 5.74) is 4.46. The van der Waals surface area contributed by atoms with E-state index in [2.05, 4.69) is 35.5 Å². The standard InChI is InChI=1S/C15H20ClN3/c1-4-19-13(9-11(2)18-19)10-17-15-8-6-5-7-14(15)12(3)16/h5-9,12,17H,4,10H2,1-3H3. The number of nitrogens with one attached hydrogen (secondary N) is 1. The van der Waals surface area contributed by atoms with Crippen molar-refractivity contribution in [3.63, 3.8) is 0 Å². The maximum atomic E-state index is 6.20. The highest BCUT2D eigenvalue weighted by molar-refractivity contribution is 6.21. The van der Waals surface area contributed by atoms with Crippen molar-refractivity contribution < 1.29 is 0 Å². The van der Waals surface area contributed by atoms with Gasteiger partial charge in [-0.1, -0.05) is 18.2 Å². The van der Waals surface area contributed by atoms with Gasteiger partial charge in [0.05, 0.1) is 23.3 Å². The quantitative estimate of drug-likeness (QED) is 0.833. The fourth-order valence-corrected chi connectivity index (χ4v) is 2.40. The van der Waals surface area contributed by atoms with Crippen LogP contribution >= 0.6 is 11.6 Å². The van der Waals surface area contributed by atoms with Crippen LogP contribution in [0.1, 0.15) is 36.2 Å². The maximum absolute atomic E-state index is 6.20. The van der Waals surface area contributed by atoms with Gasteiger partial charge in [0.1, 0.15) is 0 Å². The van der Waals surface area contributed by atoms with Crippen LogP contribution < -0.4 is 5.32 Å². The zero-order chi connectivity index (χ0) is 13.8. The van der Waals surface area contributed by atoms with E-state index in [1.807, 2.05) is 30.7 Å². The second kappa shape index (κ2) is 6.11. The van der Waals surface area contributed by atoms with Gasteiger partial charge in [0.25, 0.3) is 0 Å². The molecular formula is C15H20ClN3. The molecule has 102 valence electrons. The van der Waals surface area contributed by atoms with Gasteiger partial charge in [-0.3, -0.25) is 4.68 Å². The molecular weight excluding hydrogens is 258 g/mol. The van der Waals surface area contributed by atoms with Crippen LogP contribution in [0.15, 0.2) is 30.3 Å². The number of anilines is 1. The average Bonchev–Trinajstić information content (AvgIpc) is 2.77. The van der Waals surface area contributed by atoms with Crippen LogP contribution in [0.25, 0.3) is 0 Å². The van der Waals surface area contributed by atoms with Crippen LogP contribution in [-0.2, 0) is 13.1 Å². The van der Waals surface area contributed by atoms with Crippen molar-refractivity contribution in [1.82, 2.24) is 9.78 Å². The summed E-state index contributed by atoms with van der Waals surface area (Å²) in [7, 11) is 0. The molecule has 1 aromatic heterocycles. The molecule has 0 saturated carbocycles. The van der Waals surface area contributed by atoms with Crippen molar-refractivity contribution in [3.05, 3.63) is 47.3 Å². The van der Waals surface area contributed by atoms with Crippen LogP contribution in [-0.4, -0.2) is 9.78 Å². The fourth-order valence-electron chi connectivity index (χ4n) is 2.21. The van der Waals surface area contributed by atoms with E-state index >= 15 is 0 Å². The molecule has 3 nitrogen and oxygen atoms in total. The second-order valence-electron chi connectivity index (χ2n) is 4.65. The lowest BCUT2D eigenvalue weighted by Crippen LogP contribution is -2.09. The van der Waals surface area contributed by atoms with Crippen LogP contribution in [0.3, 0.4) is 0 Å². The normalized spacial score (nSPS) is 12.4. The molecule has 0 fully saturated rings. The van der Waals surface area contributed by atoms with Gasteiger partial charge < -0.3 is 5.32 Å². The van der Waals surface area contributed by atoms with E-state index in [4.69, 9.17) is 11.6 Å². The van der Waals surface area contributed by atoms with E-state index in [0.717, 1.165) is 30.0 Å². The minimum atomic E-state index is 0.00141. The number of halogens is 1. The first-order chi connectivity index (χ1) is 9.11. The molecule has 1 unspecified atom stereocenters. The highest BCUT2D eigenvalue weighted by Crippen LogP contribution is 2.27. The summed E-state index contributed by atoms with van der Waals surface area (Å²) in [5, 5.41) is 7.90. The van der Waals surface area contributed by atoms with Crippen LogP contribution in [0.5, 0.6) is 0 Å². The zero-order valence-electron chi connectivity index (χ0n) is 11.7. The zero-order valence-corrected chi connectivity index (χ0v) is 12.4. The predicted octanol–water partition coefficient (Wildman–Crippen LogP) is 4.12. The molecule has 2 rings (SSSR count). The number of para-hydroxylation sites is 1. The van der Waals surface area contributed by atoms with Crippen molar-refractivity contribution in [2.75, 3.05) is 5.32 Å². The molecule has 4 heteroatoms. The molecule has 1 heterocycles. The summed E-state index contributed by atoms with van der Waals surface area (Å²) in [6.07, 6.45) is 0. The number of alkyl halides is 1. The van der Waals surface area contributed by atoms with Crippen molar-refractivity contribution in [2.24, 2.45) is 0 Å².